The van der Waals surface area contributed by atoms with E-state index in [-0.39, 0.29) is 30.9 Å². The lowest BCUT2D eigenvalue weighted by atomic mass is 9.96. The second-order valence-corrected chi connectivity index (χ2v) is 4.62. The molecule has 0 saturated carbocycles. The van der Waals surface area contributed by atoms with Crippen LogP contribution < -0.4 is 14.8 Å². The normalized spacial score (nSPS) is 29.4. The first-order valence-electron chi connectivity index (χ1n) is 5.86. The van der Waals surface area contributed by atoms with Gasteiger partial charge in [-0.3, -0.25) is 0 Å². The topological polar surface area (TPSA) is 30.5 Å². The summed E-state index contributed by atoms with van der Waals surface area (Å²) in [4.78, 5) is 0. The van der Waals surface area contributed by atoms with Crippen LogP contribution in [-0.4, -0.2) is 25.2 Å². The summed E-state index contributed by atoms with van der Waals surface area (Å²) in [6, 6.07) is 3.78. The van der Waals surface area contributed by atoms with Gasteiger partial charge in [-0.1, -0.05) is 0 Å². The van der Waals surface area contributed by atoms with Crippen molar-refractivity contribution in [3.8, 4) is 11.5 Å². The molecular formula is C12H11F4NO2. The monoisotopic (exact) mass is 277 g/mol. The Balaban J connectivity index is 1.83. The predicted molar refractivity (Wildman–Crippen MR) is 57.8 cm³/mol. The summed E-state index contributed by atoms with van der Waals surface area (Å²) < 4.78 is 58.9. The van der Waals surface area contributed by atoms with Crippen molar-refractivity contribution in [3.05, 3.63) is 23.8 Å². The zero-order chi connectivity index (χ0) is 13.6. The van der Waals surface area contributed by atoms with Gasteiger partial charge < -0.3 is 14.8 Å². The Labute approximate surface area is 106 Å². The number of fused-ring (bicyclic) bond motifs is 3. The van der Waals surface area contributed by atoms with E-state index in [1.54, 1.807) is 0 Å². The lowest BCUT2D eigenvalue weighted by molar-refractivity contribution is -0.274. The fourth-order valence-corrected chi connectivity index (χ4v) is 2.52. The summed E-state index contributed by atoms with van der Waals surface area (Å²) in [7, 11) is 0. The van der Waals surface area contributed by atoms with Crippen LogP contribution >= 0.6 is 0 Å². The second-order valence-electron chi connectivity index (χ2n) is 4.62. The molecule has 2 aliphatic rings. The molecule has 0 aromatic heterocycles. The van der Waals surface area contributed by atoms with Gasteiger partial charge in [0.15, 0.2) is 0 Å². The minimum Gasteiger partial charge on any atom is -0.488 e. The number of halogens is 4. The van der Waals surface area contributed by atoms with Gasteiger partial charge in [-0.15, -0.1) is 13.2 Å². The quantitative estimate of drug-likeness (QED) is 0.801. The zero-order valence-corrected chi connectivity index (χ0v) is 9.71. The van der Waals surface area contributed by atoms with Gasteiger partial charge in [0.05, 0.1) is 6.04 Å². The van der Waals surface area contributed by atoms with Crippen molar-refractivity contribution in [2.24, 2.45) is 0 Å². The Hall–Kier alpha value is -1.50. The molecule has 0 spiro atoms. The highest BCUT2D eigenvalue weighted by Gasteiger charge is 2.40. The first-order valence-corrected chi connectivity index (χ1v) is 5.86. The van der Waals surface area contributed by atoms with Crippen LogP contribution in [0.15, 0.2) is 18.2 Å². The molecule has 19 heavy (non-hydrogen) atoms. The molecule has 1 aromatic carbocycles. The molecule has 104 valence electrons. The summed E-state index contributed by atoms with van der Waals surface area (Å²) >= 11 is 0. The van der Waals surface area contributed by atoms with E-state index in [0.29, 0.717) is 5.75 Å². The molecule has 1 N–H and O–H groups in total. The molecule has 1 fully saturated rings. The van der Waals surface area contributed by atoms with E-state index in [4.69, 9.17) is 4.74 Å². The third-order valence-electron chi connectivity index (χ3n) is 3.25. The molecule has 3 rings (SSSR count). The third-order valence-corrected chi connectivity index (χ3v) is 3.25. The summed E-state index contributed by atoms with van der Waals surface area (Å²) in [6.45, 7) is 0.227. The first-order chi connectivity index (χ1) is 8.92. The van der Waals surface area contributed by atoms with E-state index in [0.717, 1.165) is 5.56 Å². The van der Waals surface area contributed by atoms with Crippen LogP contribution in [0.4, 0.5) is 17.6 Å². The zero-order valence-electron chi connectivity index (χ0n) is 9.71. The standard InChI is InChI=1S/C12H11F4NO2/c13-6-3-10-11(17-5-6)8-2-1-7(4-9(8)18-10)19-12(14,15)16/h1-2,4,6,10-11,17H,3,5H2/t6-,10+,11+/m1/s1. The summed E-state index contributed by atoms with van der Waals surface area (Å²) in [5, 5.41) is 2.99. The van der Waals surface area contributed by atoms with Gasteiger partial charge >= 0.3 is 6.36 Å². The molecule has 2 heterocycles. The molecule has 3 nitrogen and oxygen atoms in total. The van der Waals surface area contributed by atoms with E-state index < -0.39 is 12.5 Å². The highest BCUT2D eigenvalue weighted by atomic mass is 19.4. The van der Waals surface area contributed by atoms with Crippen molar-refractivity contribution in [2.45, 2.75) is 31.1 Å². The Bertz CT molecular complexity index is 491. The maximum Gasteiger partial charge on any atom is 0.573 e. The molecule has 2 aliphatic heterocycles. The fourth-order valence-electron chi connectivity index (χ4n) is 2.52. The van der Waals surface area contributed by atoms with Crippen LogP contribution in [0.5, 0.6) is 11.5 Å². The minimum atomic E-state index is -4.73. The maximum absolute atomic E-state index is 13.2. The first kappa shape index (κ1) is 12.5. The highest BCUT2D eigenvalue weighted by molar-refractivity contribution is 5.46. The number of benzene rings is 1. The van der Waals surface area contributed by atoms with E-state index in [9.17, 15) is 17.6 Å². The van der Waals surface area contributed by atoms with Crippen LogP contribution in [0.25, 0.3) is 0 Å². The Kier molecular flexibility index (Phi) is 2.81. The van der Waals surface area contributed by atoms with Crippen molar-refractivity contribution in [1.29, 1.82) is 0 Å². The number of piperidine rings is 1. The van der Waals surface area contributed by atoms with Crippen molar-refractivity contribution < 1.29 is 27.0 Å². The predicted octanol–water partition coefficient (Wildman–Crippen LogP) is 2.72. The minimum absolute atomic E-state index is 0.165. The molecule has 0 unspecified atom stereocenters. The number of alkyl halides is 4. The van der Waals surface area contributed by atoms with Gasteiger partial charge in [-0.25, -0.2) is 4.39 Å². The van der Waals surface area contributed by atoms with Gasteiger partial charge in [0.2, 0.25) is 0 Å². The molecular weight excluding hydrogens is 266 g/mol. The summed E-state index contributed by atoms with van der Waals surface area (Å²) in [5.41, 5.74) is 0.742. The SMILES string of the molecule is F[C@H]1CN[C@H]2c3ccc(OC(F)(F)F)cc3O[C@H]2C1. The summed E-state index contributed by atoms with van der Waals surface area (Å²) in [6.07, 6.45) is -5.87. The molecule has 0 aliphatic carbocycles. The molecule has 0 amide bonds. The van der Waals surface area contributed by atoms with Gasteiger partial charge in [0.1, 0.15) is 23.8 Å². The largest absolute Gasteiger partial charge is 0.573 e. The number of hydrogen-bond donors (Lipinski definition) is 1. The smallest absolute Gasteiger partial charge is 0.488 e. The molecule has 0 bridgehead atoms. The Morgan fingerprint density at radius 3 is 2.84 bits per heavy atom. The van der Waals surface area contributed by atoms with E-state index in [1.807, 2.05) is 0 Å². The van der Waals surface area contributed by atoms with E-state index in [1.165, 1.54) is 18.2 Å². The fraction of sp³-hybridized carbons (Fsp3) is 0.500. The maximum atomic E-state index is 13.2. The lowest BCUT2D eigenvalue weighted by Gasteiger charge is -2.27. The molecule has 0 radical (unpaired) electrons. The van der Waals surface area contributed by atoms with Gasteiger partial charge in [-0.2, -0.15) is 0 Å². The second kappa shape index (κ2) is 4.26. The average molecular weight is 277 g/mol. The van der Waals surface area contributed by atoms with E-state index in [2.05, 4.69) is 10.1 Å². The number of rotatable bonds is 1. The van der Waals surface area contributed by atoms with Crippen LogP contribution in [0.1, 0.15) is 18.0 Å². The van der Waals surface area contributed by atoms with Crippen molar-refractivity contribution in [1.82, 2.24) is 5.32 Å². The van der Waals surface area contributed by atoms with Gasteiger partial charge in [0, 0.05) is 24.6 Å². The third kappa shape index (κ3) is 2.47. The van der Waals surface area contributed by atoms with Crippen LogP contribution in [0.2, 0.25) is 0 Å². The Morgan fingerprint density at radius 1 is 1.32 bits per heavy atom. The van der Waals surface area contributed by atoms with Crippen LogP contribution in [0, 0.1) is 0 Å². The van der Waals surface area contributed by atoms with Crippen LogP contribution in [-0.2, 0) is 0 Å². The van der Waals surface area contributed by atoms with Crippen molar-refractivity contribution >= 4 is 0 Å². The van der Waals surface area contributed by atoms with Crippen molar-refractivity contribution in [3.63, 3.8) is 0 Å². The highest BCUT2D eigenvalue weighted by Crippen LogP contribution is 2.42. The van der Waals surface area contributed by atoms with Crippen molar-refractivity contribution in [2.75, 3.05) is 6.54 Å². The molecule has 3 atom stereocenters. The average Bonchev–Trinajstić information content (AvgIpc) is 2.62. The molecule has 1 aromatic rings. The lowest BCUT2D eigenvalue weighted by Crippen LogP contribution is -2.42. The number of nitrogens with one attached hydrogen (secondary N) is 1. The van der Waals surface area contributed by atoms with Gasteiger partial charge in [-0.05, 0) is 12.1 Å². The molecule has 7 heteroatoms. The molecule has 1 saturated heterocycles. The van der Waals surface area contributed by atoms with E-state index >= 15 is 0 Å². The van der Waals surface area contributed by atoms with Gasteiger partial charge in [0.25, 0.3) is 0 Å². The number of ether oxygens (including phenoxy) is 2. The summed E-state index contributed by atoms with van der Waals surface area (Å²) in [5.74, 6) is -0.0138. The number of hydrogen-bond acceptors (Lipinski definition) is 3. The van der Waals surface area contributed by atoms with Crippen LogP contribution in [0.3, 0.4) is 0 Å². The Morgan fingerprint density at radius 2 is 2.11 bits per heavy atom.